The topological polar surface area (TPSA) is 59.9 Å². The van der Waals surface area contributed by atoms with Crippen molar-refractivity contribution in [2.45, 2.75) is 5.75 Å². The molecule has 78 valence electrons. The van der Waals surface area contributed by atoms with Gasteiger partial charge in [0, 0.05) is 5.39 Å². The molecule has 0 spiro atoms. The van der Waals surface area contributed by atoms with Crippen LogP contribution in [0.2, 0.25) is 5.15 Å². The highest BCUT2D eigenvalue weighted by Gasteiger charge is 2.02. The number of fused-ring (bicyclic) bond motifs is 1. The summed E-state index contributed by atoms with van der Waals surface area (Å²) in [6, 6.07) is 5.15. The molecule has 0 aliphatic heterocycles. The van der Waals surface area contributed by atoms with Crippen molar-refractivity contribution in [2.75, 3.05) is 0 Å². The molecule has 4 nitrogen and oxygen atoms in total. The lowest BCUT2D eigenvalue weighted by Crippen LogP contribution is -1.89. The number of hydrogen-bond donors (Lipinski definition) is 1. The minimum atomic E-state index is -2.43. The van der Waals surface area contributed by atoms with E-state index in [9.17, 15) is 8.42 Å². The van der Waals surface area contributed by atoms with Crippen LogP contribution >= 0.6 is 11.6 Å². The first-order valence-corrected chi connectivity index (χ1v) is 5.92. The van der Waals surface area contributed by atoms with Crippen LogP contribution in [-0.4, -0.2) is 18.4 Å². The Labute approximate surface area is 92.9 Å². The molecule has 1 aromatic heterocycles. The molecular weight excluding hydrogens is 236 g/mol. The van der Waals surface area contributed by atoms with Crippen LogP contribution in [0.15, 0.2) is 24.5 Å². The van der Waals surface area contributed by atoms with Crippen molar-refractivity contribution in [3.05, 3.63) is 35.2 Å². The van der Waals surface area contributed by atoms with Crippen LogP contribution in [0.1, 0.15) is 5.56 Å². The van der Waals surface area contributed by atoms with Gasteiger partial charge in [0.05, 0.1) is 11.3 Å². The maximum Gasteiger partial charge on any atom is 0.144 e. The Bertz CT molecular complexity index is 575. The third kappa shape index (κ3) is 2.24. The van der Waals surface area contributed by atoms with Gasteiger partial charge >= 0.3 is 0 Å². The Hall–Kier alpha value is -1.20. The van der Waals surface area contributed by atoms with Gasteiger partial charge in [-0.15, -0.1) is 0 Å². The maximum atomic E-state index is 10.6. The largest absolute Gasteiger partial charge is 0.236 e. The summed E-state index contributed by atoms with van der Waals surface area (Å²) in [5.74, 6) is 0.0104. The third-order valence-electron chi connectivity index (χ3n) is 1.96. The van der Waals surface area contributed by atoms with Crippen LogP contribution in [-0.2, 0) is 16.5 Å². The summed E-state index contributed by atoms with van der Waals surface area (Å²) < 4.78 is 21.1. The molecule has 0 amide bonds. The second-order valence-corrected chi connectivity index (χ2v) is 4.35. The third-order valence-corrected chi connectivity index (χ3v) is 2.89. The summed E-state index contributed by atoms with van der Waals surface area (Å²) in [5, 5.41) is 1.01. The molecule has 2 rings (SSSR count). The molecule has 0 saturated carbocycles. The lowest BCUT2D eigenvalue weighted by Gasteiger charge is -2.00. The Morgan fingerprint density at radius 1 is 1.27 bits per heavy atom. The molecule has 0 unspecified atom stereocenters. The number of hydrogen-bond acceptors (Lipinski definition) is 4. The molecule has 1 aromatic carbocycles. The van der Waals surface area contributed by atoms with Crippen molar-refractivity contribution in [3.8, 4) is 0 Å². The van der Waals surface area contributed by atoms with Crippen molar-refractivity contribution < 1.29 is 8.42 Å². The van der Waals surface area contributed by atoms with Crippen molar-refractivity contribution in [3.63, 3.8) is 0 Å². The second-order valence-electron chi connectivity index (χ2n) is 3.01. The smallest absolute Gasteiger partial charge is 0.144 e. The van der Waals surface area contributed by atoms with Crippen molar-refractivity contribution >= 4 is 33.2 Å². The number of thiol groups is 1. The SMILES string of the molecule is O=[SH](=O)Cc1ccc2ncnc(Cl)c2c1. The van der Waals surface area contributed by atoms with E-state index >= 15 is 0 Å². The first-order chi connectivity index (χ1) is 7.16. The van der Waals surface area contributed by atoms with Gasteiger partial charge < -0.3 is 0 Å². The van der Waals surface area contributed by atoms with E-state index < -0.39 is 10.7 Å². The maximum absolute atomic E-state index is 10.6. The lowest BCUT2D eigenvalue weighted by atomic mass is 10.2. The van der Waals surface area contributed by atoms with Crippen molar-refractivity contribution in [1.29, 1.82) is 0 Å². The zero-order chi connectivity index (χ0) is 10.8. The molecule has 0 fully saturated rings. The fraction of sp³-hybridized carbons (Fsp3) is 0.111. The second kappa shape index (κ2) is 4.12. The van der Waals surface area contributed by atoms with Gasteiger partial charge in [-0.2, -0.15) is 0 Å². The number of aromatic nitrogens is 2. The van der Waals surface area contributed by atoms with Crippen LogP contribution in [0, 0.1) is 0 Å². The van der Waals surface area contributed by atoms with Crippen LogP contribution in [0.4, 0.5) is 0 Å². The lowest BCUT2D eigenvalue weighted by molar-refractivity contribution is 0.614. The molecule has 0 radical (unpaired) electrons. The van der Waals surface area contributed by atoms with Gasteiger partial charge in [0.1, 0.15) is 22.2 Å². The standard InChI is InChI=1S/C9H7ClN2O2S/c10-9-7-3-6(4-15(13)14)1-2-8(7)11-5-12-9/h1-3,5,15H,4H2. The summed E-state index contributed by atoms with van der Waals surface area (Å²) >= 11 is 5.86. The molecule has 0 aliphatic rings. The monoisotopic (exact) mass is 242 g/mol. The predicted octanol–water partition coefficient (Wildman–Crippen LogP) is 1.39. The van der Waals surface area contributed by atoms with E-state index in [1.54, 1.807) is 18.2 Å². The number of halogens is 1. The zero-order valence-electron chi connectivity index (χ0n) is 7.55. The average Bonchev–Trinajstić information content (AvgIpc) is 2.18. The van der Waals surface area contributed by atoms with Gasteiger partial charge in [-0.25, -0.2) is 18.4 Å². The first kappa shape index (κ1) is 10.3. The number of rotatable bonds is 2. The van der Waals surface area contributed by atoms with Crippen molar-refractivity contribution in [2.24, 2.45) is 0 Å². The molecule has 0 atom stereocenters. The van der Waals surface area contributed by atoms with E-state index in [1.807, 2.05) is 0 Å². The minimum absolute atomic E-state index is 0.0104. The Morgan fingerprint density at radius 3 is 2.80 bits per heavy atom. The van der Waals surface area contributed by atoms with Gasteiger partial charge in [0.25, 0.3) is 0 Å². The summed E-state index contributed by atoms with van der Waals surface area (Å²) in [5.41, 5.74) is 1.40. The number of benzene rings is 1. The highest BCUT2D eigenvalue weighted by atomic mass is 35.5. The molecular formula is C9H7ClN2O2S. The quantitative estimate of drug-likeness (QED) is 0.639. The van der Waals surface area contributed by atoms with Crippen LogP contribution in [0.5, 0.6) is 0 Å². The Balaban J connectivity index is 2.59. The summed E-state index contributed by atoms with van der Waals surface area (Å²) in [6.07, 6.45) is 1.37. The molecule has 0 aliphatic carbocycles. The van der Waals surface area contributed by atoms with E-state index in [4.69, 9.17) is 11.6 Å². The van der Waals surface area contributed by atoms with E-state index in [0.717, 1.165) is 0 Å². The molecule has 15 heavy (non-hydrogen) atoms. The average molecular weight is 243 g/mol. The fourth-order valence-corrected chi connectivity index (χ4v) is 2.01. The van der Waals surface area contributed by atoms with Crippen LogP contribution in [0.25, 0.3) is 10.9 Å². The van der Waals surface area contributed by atoms with E-state index in [2.05, 4.69) is 9.97 Å². The van der Waals surface area contributed by atoms with Gasteiger partial charge in [0.15, 0.2) is 0 Å². The molecule has 2 aromatic rings. The predicted molar refractivity (Wildman–Crippen MR) is 58.6 cm³/mol. The van der Waals surface area contributed by atoms with Crippen molar-refractivity contribution in [1.82, 2.24) is 9.97 Å². The minimum Gasteiger partial charge on any atom is -0.236 e. The molecule has 1 heterocycles. The number of nitrogens with zero attached hydrogens (tertiary/aromatic N) is 2. The van der Waals surface area contributed by atoms with E-state index in [1.165, 1.54) is 6.33 Å². The van der Waals surface area contributed by atoms with Crippen LogP contribution < -0.4 is 0 Å². The Morgan fingerprint density at radius 2 is 2.07 bits per heavy atom. The molecule has 0 N–H and O–H groups in total. The highest BCUT2D eigenvalue weighted by molar-refractivity contribution is 7.71. The summed E-state index contributed by atoms with van der Waals surface area (Å²) in [6.45, 7) is 0. The molecule has 0 bridgehead atoms. The molecule has 0 saturated heterocycles. The summed E-state index contributed by atoms with van der Waals surface area (Å²) in [7, 11) is -2.43. The fourth-order valence-electron chi connectivity index (χ4n) is 1.32. The van der Waals surface area contributed by atoms with Gasteiger partial charge in [0.2, 0.25) is 0 Å². The summed E-state index contributed by atoms with van der Waals surface area (Å²) in [4.78, 5) is 7.85. The van der Waals surface area contributed by atoms with E-state index in [0.29, 0.717) is 21.6 Å². The first-order valence-electron chi connectivity index (χ1n) is 4.18. The highest BCUT2D eigenvalue weighted by Crippen LogP contribution is 2.20. The van der Waals surface area contributed by atoms with E-state index in [-0.39, 0.29) is 5.75 Å². The normalized spacial score (nSPS) is 11.1. The van der Waals surface area contributed by atoms with Crippen LogP contribution in [0.3, 0.4) is 0 Å². The zero-order valence-corrected chi connectivity index (χ0v) is 9.20. The van der Waals surface area contributed by atoms with Gasteiger partial charge in [-0.1, -0.05) is 17.7 Å². The molecule has 6 heteroatoms. The Kier molecular flexibility index (Phi) is 2.83. The van der Waals surface area contributed by atoms with Gasteiger partial charge in [-0.3, -0.25) is 0 Å². The van der Waals surface area contributed by atoms with Gasteiger partial charge in [-0.05, 0) is 17.7 Å².